The molecule has 0 spiro atoms. The first kappa shape index (κ1) is 9.21. The second-order valence-corrected chi connectivity index (χ2v) is 2.78. The van der Waals surface area contributed by atoms with Crippen LogP contribution in [0.2, 0.25) is 0 Å². The van der Waals surface area contributed by atoms with Crippen LogP contribution in [0.1, 0.15) is 6.92 Å². The lowest BCUT2D eigenvalue weighted by Gasteiger charge is -2.11. The average Bonchev–Trinajstić information content (AvgIpc) is 2.30. The van der Waals surface area contributed by atoms with Gasteiger partial charge in [-0.05, 0) is 19.1 Å². The Morgan fingerprint density at radius 3 is 2.83 bits per heavy atom. The van der Waals surface area contributed by atoms with Crippen molar-refractivity contribution in [1.82, 2.24) is 10.6 Å². The van der Waals surface area contributed by atoms with Crippen molar-refractivity contribution in [3.63, 3.8) is 0 Å². The normalized spacial score (nSPS) is 27.7. The van der Waals surface area contributed by atoms with Crippen molar-refractivity contribution in [2.75, 3.05) is 6.61 Å². The van der Waals surface area contributed by atoms with Crippen molar-refractivity contribution in [1.29, 1.82) is 0 Å². The van der Waals surface area contributed by atoms with E-state index in [1.807, 2.05) is 0 Å². The van der Waals surface area contributed by atoms with E-state index in [-0.39, 0.29) is 5.97 Å². The Morgan fingerprint density at radius 2 is 2.42 bits per heavy atom. The highest BCUT2D eigenvalue weighted by Crippen LogP contribution is 1.98. The zero-order valence-electron chi connectivity index (χ0n) is 6.66. The first-order valence-corrected chi connectivity index (χ1v) is 4.05. The summed E-state index contributed by atoms with van der Waals surface area (Å²) in [5.74, 6) is -0.377. The molecule has 1 aliphatic rings. The Labute approximate surface area is 75.6 Å². The molecule has 0 saturated carbocycles. The van der Waals surface area contributed by atoms with Gasteiger partial charge in [0.2, 0.25) is 0 Å². The highest BCUT2D eigenvalue weighted by molar-refractivity contribution is 7.80. The Kier molecular flexibility index (Phi) is 2.83. The molecule has 1 rings (SSSR count). The first-order chi connectivity index (χ1) is 5.65. The molecule has 0 aromatic rings. The van der Waals surface area contributed by atoms with Gasteiger partial charge in [-0.3, -0.25) is 0 Å². The molecular formula is C6H11N3O2S. The standard InChI is InChI=1S/C6H11N3O2S/c1-2-11-5(10)3-4(7)9-6(12)8-3/h3-4H,2,7H2,1H3,(H2,8,9,12). The van der Waals surface area contributed by atoms with Crippen molar-refractivity contribution in [2.24, 2.45) is 5.73 Å². The van der Waals surface area contributed by atoms with Crippen LogP contribution in [0.3, 0.4) is 0 Å². The smallest absolute Gasteiger partial charge is 0.332 e. The maximum atomic E-state index is 11.1. The molecule has 0 bridgehead atoms. The number of thiocarbonyl (C=S) groups is 1. The minimum atomic E-state index is -0.558. The number of esters is 1. The highest BCUT2D eigenvalue weighted by Gasteiger charge is 2.33. The van der Waals surface area contributed by atoms with Gasteiger partial charge in [0.25, 0.3) is 0 Å². The molecule has 0 aliphatic carbocycles. The van der Waals surface area contributed by atoms with Crippen molar-refractivity contribution < 1.29 is 9.53 Å². The molecule has 0 amide bonds. The largest absolute Gasteiger partial charge is 0.464 e. The summed E-state index contributed by atoms with van der Waals surface area (Å²) in [5.41, 5.74) is 5.54. The van der Waals surface area contributed by atoms with Crippen LogP contribution in [0.4, 0.5) is 0 Å². The fraction of sp³-hybridized carbons (Fsp3) is 0.667. The van der Waals surface area contributed by atoms with Crippen LogP contribution in [-0.4, -0.2) is 29.9 Å². The monoisotopic (exact) mass is 189 g/mol. The average molecular weight is 189 g/mol. The summed E-state index contributed by atoms with van der Waals surface area (Å²) in [4.78, 5) is 11.1. The van der Waals surface area contributed by atoms with E-state index in [0.717, 1.165) is 0 Å². The summed E-state index contributed by atoms with van der Waals surface area (Å²) in [6, 6.07) is -0.558. The van der Waals surface area contributed by atoms with E-state index in [0.29, 0.717) is 11.7 Å². The lowest BCUT2D eigenvalue weighted by molar-refractivity contribution is -0.145. The summed E-state index contributed by atoms with van der Waals surface area (Å²) in [6.07, 6.45) is -0.489. The predicted molar refractivity (Wildman–Crippen MR) is 47.3 cm³/mol. The first-order valence-electron chi connectivity index (χ1n) is 3.64. The van der Waals surface area contributed by atoms with Crippen LogP contribution in [0.15, 0.2) is 0 Å². The molecule has 6 heteroatoms. The molecule has 12 heavy (non-hydrogen) atoms. The Hall–Kier alpha value is -0.880. The molecule has 68 valence electrons. The fourth-order valence-electron chi connectivity index (χ4n) is 0.945. The third-order valence-electron chi connectivity index (χ3n) is 1.48. The van der Waals surface area contributed by atoms with Gasteiger partial charge in [-0.1, -0.05) is 0 Å². The third-order valence-corrected chi connectivity index (χ3v) is 1.72. The van der Waals surface area contributed by atoms with E-state index in [4.69, 9.17) is 22.7 Å². The molecule has 1 aliphatic heterocycles. The van der Waals surface area contributed by atoms with E-state index in [2.05, 4.69) is 10.6 Å². The molecular weight excluding hydrogens is 178 g/mol. The number of carbonyl (C=O) groups excluding carboxylic acids is 1. The Morgan fingerprint density at radius 1 is 1.75 bits per heavy atom. The second kappa shape index (κ2) is 3.68. The van der Waals surface area contributed by atoms with E-state index in [9.17, 15) is 4.79 Å². The van der Waals surface area contributed by atoms with Crippen molar-refractivity contribution in [3.8, 4) is 0 Å². The SMILES string of the molecule is CCOC(=O)C1NC(=S)NC1N. The van der Waals surface area contributed by atoms with E-state index >= 15 is 0 Å². The zero-order chi connectivity index (χ0) is 9.14. The van der Waals surface area contributed by atoms with Gasteiger partial charge >= 0.3 is 5.97 Å². The Bertz CT molecular complexity index is 209. The molecule has 4 N–H and O–H groups in total. The van der Waals surface area contributed by atoms with Crippen LogP contribution in [-0.2, 0) is 9.53 Å². The molecule has 1 saturated heterocycles. The van der Waals surface area contributed by atoms with Gasteiger partial charge in [0.05, 0.1) is 6.61 Å². The number of hydrogen-bond donors (Lipinski definition) is 3. The summed E-state index contributed by atoms with van der Waals surface area (Å²) in [7, 11) is 0. The lowest BCUT2D eigenvalue weighted by Crippen LogP contribution is -2.47. The second-order valence-electron chi connectivity index (χ2n) is 2.37. The molecule has 0 radical (unpaired) electrons. The van der Waals surface area contributed by atoms with Crippen molar-refractivity contribution in [2.45, 2.75) is 19.1 Å². The minimum absolute atomic E-state index is 0.344. The summed E-state index contributed by atoms with van der Waals surface area (Å²) in [6.45, 7) is 2.08. The van der Waals surface area contributed by atoms with Crippen LogP contribution >= 0.6 is 12.2 Å². The number of rotatable bonds is 2. The van der Waals surface area contributed by atoms with Gasteiger partial charge in [-0.25, -0.2) is 4.79 Å². The summed E-state index contributed by atoms with van der Waals surface area (Å²) < 4.78 is 4.76. The predicted octanol–water partition coefficient (Wildman–Crippen LogP) is -1.32. The number of hydrogen-bond acceptors (Lipinski definition) is 4. The van der Waals surface area contributed by atoms with E-state index in [1.165, 1.54) is 0 Å². The maximum absolute atomic E-state index is 11.1. The van der Waals surface area contributed by atoms with Gasteiger partial charge in [0.15, 0.2) is 11.2 Å². The van der Waals surface area contributed by atoms with Gasteiger partial charge in [0.1, 0.15) is 6.17 Å². The van der Waals surface area contributed by atoms with E-state index < -0.39 is 12.2 Å². The molecule has 0 aromatic heterocycles. The number of carbonyl (C=O) groups is 1. The van der Waals surface area contributed by atoms with Crippen molar-refractivity contribution in [3.05, 3.63) is 0 Å². The number of ether oxygens (including phenoxy) is 1. The van der Waals surface area contributed by atoms with Crippen LogP contribution in [0.25, 0.3) is 0 Å². The highest BCUT2D eigenvalue weighted by atomic mass is 32.1. The topological polar surface area (TPSA) is 76.4 Å². The van der Waals surface area contributed by atoms with Gasteiger partial charge < -0.3 is 21.1 Å². The molecule has 1 heterocycles. The molecule has 5 nitrogen and oxygen atoms in total. The quantitative estimate of drug-likeness (QED) is 0.369. The number of nitrogens with one attached hydrogen (secondary N) is 2. The molecule has 2 unspecified atom stereocenters. The molecule has 0 aromatic carbocycles. The zero-order valence-corrected chi connectivity index (χ0v) is 7.48. The molecule has 2 atom stereocenters. The van der Waals surface area contributed by atoms with Gasteiger partial charge in [-0.2, -0.15) is 0 Å². The molecule has 1 fully saturated rings. The fourth-order valence-corrected chi connectivity index (χ4v) is 1.21. The van der Waals surface area contributed by atoms with Crippen LogP contribution in [0, 0.1) is 0 Å². The van der Waals surface area contributed by atoms with Crippen molar-refractivity contribution >= 4 is 23.3 Å². The third kappa shape index (κ3) is 1.83. The Balaban J connectivity index is 2.52. The van der Waals surface area contributed by atoms with Crippen LogP contribution in [0.5, 0.6) is 0 Å². The van der Waals surface area contributed by atoms with Gasteiger partial charge in [-0.15, -0.1) is 0 Å². The summed E-state index contributed by atoms with van der Waals surface area (Å²) in [5, 5.41) is 5.80. The summed E-state index contributed by atoms with van der Waals surface area (Å²) >= 11 is 4.77. The minimum Gasteiger partial charge on any atom is -0.464 e. The number of nitrogens with two attached hydrogens (primary N) is 1. The van der Waals surface area contributed by atoms with Crippen LogP contribution < -0.4 is 16.4 Å². The maximum Gasteiger partial charge on any atom is 0.332 e. The lowest BCUT2D eigenvalue weighted by atomic mass is 10.3. The van der Waals surface area contributed by atoms with E-state index in [1.54, 1.807) is 6.92 Å². The van der Waals surface area contributed by atoms with Gasteiger partial charge in [0, 0.05) is 0 Å².